The molecule has 1 unspecified atom stereocenters. The van der Waals surface area contributed by atoms with Crippen molar-refractivity contribution in [2.24, 2.45) is 0 Å². The van der Waals surface area contributed by atoms with Gasteiger partial charge in [-0.2, -0.15) is 0 Å². The molecular formula is C17H20ClFN4O2. The van der Waals surface area contributed by atoms with E-state index in [1.54, 1.807) is 12.4 Å². The van der Waals surface area contributed by atoms with Crippen molar-refractivity contribution in [1.82, 2.24) is 19.8 Å². The number of ether oxygens (including phenoxy) is 1. The van der Waals surface area contributed by atoms with Crippen LogP contribution in [-0.2, 0) is 22.6 Å². The third kappa shape index (κ3) is 4.36. The highest BCUT2D eigenvalue weighted by atomic mass is 35.5. The summed E-state index contributed by atoms with van der Waals surface area (Å²) >= 11 is 5.74. The maximum absolute atomic E-state index is 13.7. The van der Waals surface area contributed by atoms with E-state index in [1.807, 2.05) is 12.3 Å². The highest BCUT2D eigenvalue weighted by Gasteiger charge is 2.25. The molecule has 0 aliphatic carbocycles. The first-order valence-electron chi connectivity index (χ1n) is 7.99. The van der Waals surface area contributed by atoms with E-state index in [-0.39, 0.29) is 23.6 Å². The summed E-state index contributed by atoms with van der Waals surface area (Å²) in [7, 11) is 1.49. The second-order valence-electron chi connectivity index (χ2n) is 6.10. The van der Waals surface area contributed by atoms with Crippen molar-refractivity contribution in [3.05, 3.63) is 52.8 Å². The number of hydrogen-bond acceptors (Lipinski definition) is 4. The van der Waals surface area contributed by atoms with E-state index >= 15 is 0 Å². The van der Waals surface area contributed by atoms with Crippen LogP contribution in [0.5, 0.6) is 0 Å². The van der Waals surface area contributed by atoms with E-state index in [4.69, 9.17) is 16.3 Å². The molecule has 25 heavy (non-hydrogen) atoms. The summed E-state index contributed by atoms with van der Waals surface area (Å²) in [5.41, 5.74) is 1.92. The number of rotatable bonds is 6. The first kappa shape index (κ1) is 17.8. The van der Waals surface area contributed by atoms with Crippen molar-refractivity contribution in [2.45, 2.75) is 19.1 Å². The molecule has 0 bridgehead atoms. The first-order chi connectivity index (χ1) is 12.1. The van der Waals surface area contributed by atoms with Crippen LogP contribution in [0.1, 0.15) is 17.3 Å². The van der Waals surface area contributed by atoms with Gasteiger partial charge in [-0.1, -0.05) is 17.7 Å². The molecule has 3 rings (SSSR count). The van der Waals surface area contributed by atoms with Crippen LogP contribution in [0.25, 0.3) is 0 Å². The van der Waals surface area contributed by atoms with Gasteiger partial charge >= 0.3 is 0 Å². The molecule has 1 aromatic carbocycles. The Morgan fingerprint density at radius 2 is 2.36 bits per heavy atom. The largest absolute Gasteiger partial charge is 0.375 e. The minimum atomic E-state index is -0.412. The van der Waals surface area contributed by atoms with Crippen LogP contribution in [0.15, 0.2) is 30.7 Å². The number of imidazole rings is 1. The number of aromatic nitrogens is 2. The van der Waals surface area contributed by atoms with Gasteiger partial charge in [0, 0.05) is 39.5 Å². The third-order valence-electron chi connectivity index (χ3n) is 4.19. The van der Waals surface area contributed by atoms with Crippen molar-refractivity contribution < 1.29 is 13.9 Å². The molecule has 6 nitrogen and oxygen atoms in total. The van der Waals surface area contributed by atoms with Gasteiger partial charge in [-0.3, -0.25) is 9.69 Å². The molecule has 0 saturated heterocycles. The average molecular weight is 367 g/mol. The Labute approximate surface area is 150 Å². The fourth-order valence-corrected chi connectivity index (χ4v) is 3.17. The van der Waals surface area contributed by atoms with Gasteiger partial charge in [-0.15, -0.1) is 0 Å². The predicted molar refractivity (Wildman–Crippen MR) is 91.7 cm³/mol. The molecule has 8 heteroatoms. The van der Waals surface area contributed by atoms with Crippen LogP contribution < -0.4 is 5.32 Å². The second-order valence-corrected chi connectivity index (χ2v) is 6.51. The summed E-state index contributed by atoms with van der Waals surface area (Å²) < 4.78 is 20.6. The zero-order chi connectivity index (χ0) is 17.8. The highest BCUT2D eigenvalue weighted by molar-refractivity contribution is 6.30. The van der Waals surface area contributed by atoms with Gasteiger partial charge in [0.15, 0.2) is 0 Å². The molecule has 1 aliphatic heterocycles. The van der Waals surface area contributed by atoms with Gasteiger partial charge in [0.25, 0.3) is 0 Å². The summed E-state index contributed by atoms with van der Waals surface area (Å²) in [5.74, 6) is -0.564. The minimum Gasteiger partial charge on any atom is -0.375 e. The van der Waals surface area contributed by atoms with Crippen LogP contribution >= 0.6 is 11.6 Å². The lowest BCUT2D eigenvalue weighted by molar-refractivity contribution is -0.124. The fourth-order valence-electron chi connectivity index (χ4n) is 3.06. The number of carbonyl (C=O) groups excluding carboxylic acids is 1. The van der Waals surface area contributed by atoms with Gasteiger partial charge in [-0.05, 0) is 17.7 Å². The molecule has 1 N–H and O–H groups in total. The predicted octanol–water partition coefficient (Wildman–Crippen LogP) is 2.00. The maximum atomic E-state index is 13.7. The monoisotopic (exact) mass is 366 g/mol. The van der Waals surface area contributed by atoms with Gasteiger partial charge in [0.1, 0.15) is 12.4 Å². The number of amides is 1. The molecule has 0 saturated carbocycles. The summed E-state index contributed by atoms with van der Waals surface area (Å²) in [6.07, 6.45) is 3.60. The number of nitrogens with zero attached hydrogens (tertiary/aromatic N) is 3. The zero-order valence-electron chi connectivity index (χ0n) is 13.9. The molecule has 2 heterocycles. The lowest BCUT2D eigenvalue weighted by Gasteiger charge is -2.34. The molecule has 2 aromatic rings. The number of methoxy groups -OCH3 is 1. The second kappa shape index (κ2) is 7.95. The molecule has 1 aromatic heterocycles. The standard InChI is InChI=1S/C17H20ClFN4O2/c1-25-10-17(24)21-6-14-9-22(8-13-5-20-11-23(13)14)7-12-2-3-15(18)16(19)4-12/h2-5,11,14H,6-10H2,1H3,(H,21,24). The van der Waals surface area contributed by atoms with Crippen LogP contribution in [0, 0.1) is 5.82 Å². The number of hydrogen-bond donors (Lipinski definition) is 1. The molecule has 0 spiro atoms. The Hall–Kier alpha value is -1.96. The Kier molecular flexibility index (Phi) is 5.67. The number of nitrogens with one attached hydrogen (secondary N) is 1. The number of fused-ring (bicyclic) bond motifs is 1. The van der Waals surface area contributed by atoms with E-state index in [0.717, 1.165) is 17.8 Å². The maximum Gasteiger partial charge on any atom is 0.246 e. The number of carbonyl (C=O) groups is 1. The summed E-state index contributed by atoms with van der Waals surface area (Å²) in [5, 5.41) is 2.99. The minimum absolute atomic E-state index is 0.0390. The molecule has 1 atom stereocenters. The topological polar surface area (TPSA) is 59.4 Å². The lowest BCUT2D eigenvalue weighted by atomic mass is 10.1. The van der Waals surface area contributed by atoms with E-state index in [1.165, 1.54) is 13.2 Å². The van der Waals surface area contributed by atoms with Crippen LogP contribution in [-0.4, -0.2) is 47.2 Å². The van der Waals surface area contributed by atoms with Crippen molar-refractivity contribution in [2.75, 3.05) is 26.8 Å². The molecule has 1 amide bonds. The van der Waals surface area contributed by atoms with Gasteiger partial charge < -0.3 is 14.6 Å². The first-order valence-corrected chi connectivity index (χ1v) is 8.37. The van der Waals surface area contributed by atoms with Crippen LogP contribution in [0.4, 0.5) is 4.39 Å². The van der Waals surface area contributed by atoms with Gasteiger partial charge in [-0.25, -0.2) is 9.37 Å². The molecule has 134 valence electrons. The van der Waals surface area contributed by atoms with Crippen LogP contribution in [0.2, 0.25) is 5.02 Å². The van der Waals surface area contributed by atoms with E-state index in [0.29, 0.717) is 19.6 Å². The summed E-state index contributed by atoms with van der Waals surface area (Å²) in [4.78, 5) is 18.1. The highest BCUT2D eigenvalue weighted by Crippen LogP contribution is 2.23. The Morgan fingerprint density at radius 1 is 1.52 bits per heavy atom. The number of halogens is 2. The zero-order valence-corrected chi connectivity index (χ0v) is 14.7. The SMILES string of the molecule is COCC(=O)NCC1CN(Cc2ccc(Cl)c(F)c2)Cc2cncn21. The van der Waals surface area contributed by atoms with Crippen molar-refractivity contribution in [3.8, 4) is 0 Å². The smallest absolute Gasteiger partial charge is 0.246 e. The van der Waals surface area contributed by atoms with Crippen molar-refractivity contribution in [3.63, 3.8) is 0 Å². The normalized spacial score (nSPS) is 17.3. The van der Waals surface area contributed by atoms with Crippen LogP contribution in [0.3, 0.4) is 0 Å². The fraction of sp³-hybridized carbons (Fsp3) is 0.412. The molecular weight excluding hydrogens is 347 g/mol. The van der Waals surface area contributed by atoms with Crippen molar-refractivity contribution in [1.29, 1.82) is 0 Å². The number of benzene rings is 1. The van der Waals surface area contributed by atoms with Crippen molar-refractivity contribution >= 4 is 17.5 Å². The Morgan fingerprint density at radius 3 is 3.12 bits per heavy atom. The summed E-state index contributed by atoms with van der Waals surface area (Å²) in [6.45, 7) is 2.56. The van der Waals surface area contributed by atoms with Gasteiger partial charge in [0.05, 0.1) is 23.1 Å². The molecule has 0 fully saturated rings. The van der Waals surface area contributed by atoms with E-state index < -0.39 is 5.82 Å². The molecule has 1 aliphatic rings. The Balaban J connectivity index is 1.68. The average Bonchev–Trinajstić information content (AvgIpc) is 3.05. The lowest BCUT2D eigenvalue weighted by Crippen LogP contribution is -2.42. The van der Waals surface area contributed by atoms with E-state index in [2.05, 4.69) is 19.8 Å². The molecule has 0 radical (unpaired) electrons. The van der Waals surface area contributed by atoms with E-state index in [9.17, 15) is 9.18 Å². The summed E-state index contributed by atoms with van der Waals surface area (Å²) in [6, 6.07) is 4.92. The third-order valence-corrected chi connectivity index (χ3v) is 4.50. The van der Waals surface area contributed by atoms with Gasteiger partial charge in [0.2, 0.25) is 5.91 Å². The quantitative estimate of drug-likeness (QED) is 0.849. The Bertz CT molecular complexity index is 752.